The number of aromatic amines is 2. The van der Waals surface area contributed by atoms with Gasteiger partial charge in [-0.2, -0.15) is 0 Å². The Bertz CT molecular complexity index is 1860. The quantitative estimate of drug-likeness (QED) is 0.111. The Labute approximate surface area is 255 Å². The number of fused-ring (bicyclic) bond motifs is 2. The maximum absolute atomic E-state index is 13.6. The van der Waals surface area contributed by atoms with Crippen molar-refractivity contribution in [3.05, 3.63) is 87.6 Å². The van der Waals surface area contributed by atoms with Crippen molar-refractivity contribution in [1.82, 2.24) is 40.7 Å². The van der Waals surface area contributed by atoms with Crippen LogP contribution in [0.3, 0.4) is 0 Å². The Kier molecular flexibility index (Phi) is 7.79. The number of carbonyl (C=O) groups is 4. The second kappa shape index (κ2) is 11.8. The largest absolute Gasteiger partial charge is 0.488 e. The van der Waals surface area contributed by atoms with Crippen LogP contribution in [-0.2, 0) is 14.4 Å². The molecule has 4 aromatic rings. The van der Waals surface area contributed by atoms with E-state index < -0.39 is 52.6 Å². The van der Waals surface area contributed by atoms with Crippen molar-refractivity contribution in [2.45, 2.75) is 22.6 Å². The molecule has 0 spiro atoms. The normalized spacial score (nSPS) is 18.4. The maximum Gasteiger partial charge on any atom is 0.352 e. The average molecular weight is 635 g/mol. The molecule has 224 valence electrons. The number of para-hydroxylation sites is 2. The topological polar surface area (TPSA) is 223 Å². The molecule has 6 N–H and O–H groups in total. The van der Waals surface area contributed by atoms with E-state index in [0.717, 1.165) is 16.7 Å². The van der Waals surface area contributed by atoms with E-state index >= 15 is 0 Å². The maximum atomic E-state index is 13.6. The molecule has 17 heteroatoms. The first-order chi connectivity index (χ1) is 21.2. The van der Waals surface area contributed by atoms with Gasteiger partial charge in [0.1, 0.15) is 23.2 Å². The molecule has 0 radical (unpaired) electrons. The lowest BCUT2D eigenvalue weighted by Crippen LogP contribution is -2.71. The standard InChI is InChI=1S/C27H22N8O7S2/c36-20(16(12-6-2-1-3-7-12)30-21(37)19-28-14-8-4-5-9-15(14)29-19)31-17-24(40)35-18(26(41)42)13(10-43-25(17)35)11-44-27-32-22(38)23(39)33-34-27/h1-9,16-17,25H,10-11H2,(H,28,29)(H,30,37)(H,31,36)(H,33,39)(H,41,42)(H,32,34,38)/t16?,17?,25-/m0/s1. The highest BCUT2D eigenvalue weighted by Crippen LogP contribution is 2.41. The van der Waals surface area contributed by atoms with Gasteiger partial charge in [0.25, 0.3) is 17.7 Å². The lowest BCUT2D eigenvalue weighted by molar-refractivity contribution is -0.151. The third-order valence-electron chi connectivity index (χ3n) is 6.86. The Morgan fingerprint density at radius 3 is 2.55 bits per heavy atom. The van der Waals surface area contributed by atoms with Crippen LogP contribution >= 0.6 is 23.5 Å². The van der Waals surface area contributed by atoms with Gasteiger partial charge >= 0.3 is 11.5 Å². The second-order valence-corrected chi connectivity index (χ2v) is 11.7. The molecule has 0 bridgehead atoms. The number of nitrogens with zero attached hydrogens (tertiary/aromatic N) is 4. The van der Waals surface area contributed by atoms with Crippen molar-refractivity contribution >= 4 is 58.2 Å². The summed E-state index contributed by atoms with van der Waals surface area (Å²) in [7, 11) is 0. The number of β-lactam (4-membered cyclic amide) rings is 1. The molecular formula is C27H22N8O7S2. The Morgan fingerprint density at radius 2 is 1.82 bits per heavy atom. The van der Waals surface area contributed by atoms with Crippen molar-refractivity contribution in [3.8, 4) is 5.88 Å². The van der Waals surface area contributed by atoms with Gasteiger partial charge in [0.2, 0.25) is 5.91 Å². The summed E-state index contributed by atoms with van der Waals surface area (Å²) in [5.41, 5.74) is 1.04. The predicted molar refractivity (Wildman–Crippen MR) is 157 cm³/mol. The van der Waals surface area contributed by atoms with Crippen LogP contribution in [0.2, 0.25) is 0 Å². The van der Waals surface area contributed by atoms with E-state index in [1.165, 1.54) is 11.8 Å². The number of carboxylic acid groups (broad SMARTS) is 1. The molecule has 15 nitrogen and oxygen atoms in total. The van der Waals surface area contributed by atoms with Crippen molar-refractivity contribution in [3.63, 3.8) is 0 Å². The van der Waals surface area contributed by atoms with Gasteiger partial charge in [-0.05, 0) is 23.3 Å². The molecule has 2 aliphatic rings. The first-order valence-corrected chi connectivity index (χ1v) is 15.0. The second-order valence-electron chi connectivity index (χ2n) is 9.64. The number of aromatic hydroxyl groups is 1. The third kappa shape index (κ3) is 5.49. The van der Waals surface area contributed by atoms with Crippen LogP contribution in [-0.4, -0.2) is 86.9 Å². The molecule has 1 saturated heterocycles. The zero-order valence-corrected chi connectivity index (χ0v) is 24.0. The SMILES string of the molecule is O=C(O)C1=C(CSc2nnc(O)c(=O)[nH]2)CS[C@H]2C(NC(=O)C(NC(=O)c3nc4ccccc4[nH]3)c3ccccc3)C(=O)N12. The van der Waals surface area contributed by atoms with Crippen molar-refractivity contribution < 1.29 is 29.4 Å². The number of amides is 3. The van der Waals surface area contributed by atoms with E-state index in [1.54, 1.807) is 54.6 Å². The first kappa shape index (κ1) is 28.9. The molecule has 2 unspecified atom stereocenters. The minimum Gasteiger partial charge on any atom is -0.488 e. The number of aromatic nitrogens is 5. The van der Waals surface area contributed by atoms with E-state index in [-0.39, 0.29) is 28.2 Å². The van der Waals surface area contributed by atoms with E-state index in [0.29, 0.717) is 22.2 Å². The number of imidazole rings is 1. The summed E-state index contributed by atoms with van der Waals surface area (Å²) in [6.45, 7) is 0. The molecule has 4 heterocycles. The van der Waals surface area contributed by atoms with Crippen LogP contribution in [0.5, 0.6) is 5.88 Å². The Balaban J connectivity index is 1.18. The summed E-state index contributed by atoms with van der Waals surface area (Å²) in [4.78, 5) is 74.4. The summed E-state index contributed by atoms with van der Waals surface area (Å²) in [6, 6.07) is 13.4. The van der Waals surface area contributed by atoms with Gasteiger partial charge in [-0.1, -0.05) is 54.2 Å². The van der Waals surface area contributed by atoms with Crippen molar-refractivity contribution in [1.29, 1.82) is 0 Å². The molecule has 0 saturated carbocycles. The number of rotatable bonds is 9. The molecule has 0 aliphatic carbocycles. The summed E-state index contributed by atoms with van der Waals surface area (Å²) >= 11 is 2.25. The minimum absolute atomic E-state index is 0.0117. The zero-order chi connectivity index (χ0) is 31.0. The molecule has 2 aromatic carbocycles. The van der Waals surface area contributed by atoms with Crippen LogP contribution in [0.1, 0.15) is 22.2 Å². The number of nitrogens with one attached hydrogen (secondary N) is 4. The van der Waals surface area contributed by atoms with Gasteiger partial charge in [-0.25, -0.2) is 9.78 Å². The van der Waals surface area contributed by atoms with Gasteiger partial charge in [-0.15, -0.1) is 22.0 Å². The van der Waals surface area contributed by atoms with Gasteiger partial charge in [0.05, 0.1) is 11.0 Å². The van der Waals surface area contributed by atoms with Crippen LogP contribution in [0, 0.1) is 0 Å². The highest BCUT2D eigenvalue weighted by Gasteiger charge is 2.54. The average Bonchev–Trinajstić information content (AvgIpc) is 3.47. The third-order valence-corrected chi connectivity index (χ3v) is 9.15. The van der Waals surface area contributed by atoms with E-state index in [9.17, 15) is 34.2 Å². The van der Waals surface area contributed by atoms with Crippen LogP contribution in [0.25, 0.3) is 11.0 Å². The zero-order valence-electron chi connectivity index (χ0n) is 22.4. The van der Waals surface area contributed by atoms with Gasteiger partial charge in [0.15, 0.2) is 11.0 Å². The van der Waals surface area contributed by atoms with Crippen molar-refractivity contribution in [2.75, 3.05) is 11.5 Å². The highest BCUT2D eigenvalue weighted by molar-refractivity contribution is 8.01. The van der Waals surface area contributed by atoms with E-state index in [1.807, 2.05) is 0 Å². The molecule has 44 heavy (non-hydrogen) atoms. The number of H-pyrrole nitrogens is 2. The van der Waals surface area contributed by atoms with Gasteiger partial charge < -0.3 is 25.8 Å². The number of aliphatic carboxylic acids is 1. The summed E-state index contributed by atoms with van der Waals surface area (Å²) < 4.78 is 0. The number of thioether (sulfide) groups is 2. The number of carboxylic acids is 1. The minimum atomic E-state index is -1.32. The fourth-order valence-corrected chi connectivity index (χ4v) is 7.06. The molecule has 2 aliphatic heterocycles. The fraction of sp³-hybridized carbons (Fsp3) is 0.185. The first-order valence-electron chi connectivity index (χ1n) is 13.0. The van der Waals surface area contributed by atoms with Crippen LogP contribution < -0.4 is 16.2 Å². The summed E-state index contributed by atoms with van der Waals surface area (Å²) in [5.74, 6) is -3.72. The van der Waals surface area contributed by atoms with Crippen LogP contribution in [0.4, 0.5) is 0 Å². The van der Waals surface area contributed by atoms with Gasteiger partial charge in [0, 0.05) is 11.5 Å². The van der Waals surface area contributed by atoms with Gasteiger partial charge in [-0.3, -0.25) is 29.1 Å². The smallest absolute Gasteiger partial charge is 0.352 e. The molecular weight excluding hydrogens is 612 g/mol. The van der Waals surface area contributed by atoms with Crippen molar-refractivity contribution in [2.24, 2.45) is 0 Å². The number of carbonyl (C=O) groups excluding carboxylic acids is 3. The predicted octanol–water partition coefficient (Wildman–Crippen LogP) is 0.749. The van der Waals surface area contributed by atoms with Crippen LogP contribution in [0.15, 0.2) is 75.8 Å². The number of benzene rings is 2. The van der Waals surface area contributed by atoms with E-state index in [4.69, 9.17) is 0 Å². The monoisotopic (exact) mass is 634 g/mol. The molecule has 1 fully saturated rings. The number of hydrogen-bond acceptors (Lipinski definition) is 11. The Hall–Kier alpha value is -5.16. The molecule has 3 atom stereocenters. The molecule has 3 amide bonds. The highest BCUT2D eigenvalue weighted by atomic mass is 32.2. The summed E-state index contributed by atoms with van der Waals surface area (Å²) in [6.07, 6.45) is 0. The lowest BCUT2D eigenvalue weighted by Gasteiger charge is -2.49. The Morgan fingerprint density at radius 1 is 1.07 bits per heavy atom. The number of hydrogen-bond donors (Lipinski definition) is 6. The fourth-order valence-electron chi connectivity index (χ4n) is 4.77. The molecule has 2 aromatic heterocycles. The molecule has 6 rings (SSSR count). The lowest BCUT2D eigenvalue weighted by atomic mass is 10.0. The summed E-state index contributed by atoms with van der Waals surface area (Å²) in [5, 5.41) is 31.0. The van der Waals surface area contributed by atoms with E-state index in [2.05, 4.69) is 35.8 Å².